The molecule has 0 spiro atoms. The fraction of sp³-hybridized carbons (Fsp3) is 0.750. The molecule has 0 aromatic rings. The summed E-state index contributed by atoms with van der Waals surface area (Å²) in [4.78, 5) is 24.1. The van der Waals surface area contributed by atoms with E-state index in [0.717, 1.165) is 12.8 Å². The third-order valence-electron chi connectivity index (χ3n) is 4.31. The molecule has 6 nitrogen and oxygen atoms in total. The van der Waals surface area contributed by atoms with Crippen LogP contribution in [-0.2, 0) is 19.1 Å². The molecular weight excluding hydrogens is 312 g/mol. The molecule has 128 valence electrons. The molecule has 2 amide bonds. The van der Waals surface area contributed by atoms with Crippen molar-refractivity contribution < 1.29 is 19.1 Å². The molecule has 0 radical (unpaired) electrons. The van der Waals surface area contributed by atoms with Crippen molar-refractivity contribution in [3.63, 3.8) is 0 Å². The largest absolute Gasteiger partial charge is 0.362 e. The van der Waals surface area contributed by atoms with Crippen molar-refractivity contribution in [2.24, 2.45) is 0 Å². The molecule has 0 aromatic carbocycles. The average Bonchev–Trinajstić information content (AvgIpc) is 3.33. The Bertz CT molecular complexity index is 517. The van der Waals surface area contributed by atoms with Crippen LogP contribution < -0.4 is 10.6 Å². The SMILES string of the molecule is C[Si](C)(C)/C=C/[C@H]1O[C@@H]1[C@H]1O[C@@H]1C(=O)N[C@H]1CCCCNC1=O. The number of hydrogen-bond donors (Lipinski definition) is 2. The zero-order valence-corrected chi connectivity index (χ0v) is 15.0. The molecule has 0 unspecified atom stereocenters. The van der Waals surface area contributed by atoms with Gasteiger partial charge in [0, 0.05) is 6.54 Å². The smallest absolute Gasteiger partial charge is 0.252 e. The summed E-state index contributed by atoms with van der Waals surface area (Å²) in [7, 11) is -1.23. The van der Waals surface area contributed by atoms with Crippen molar-refractivity contribution in [2.75, 3.05) is 6.54 Å². The second-order valence-electron chi connectivity index (χ2n) is 7.66. The second kappa shape index (κ2) is 6.37. The normalized spacial score (nSPS) is 37.2. The molecule has 0 saturated carbocycles. The van der Waals surface area contributed by atoms with E-state index in [4.69, 9.17) is 9.47 Å². The van der Waals surface area contributed by atoms with Gasteiger partial charge in [0.05, 0.1) is 8.07 Å². The Morgan fingerprint density at radius 3 is 2.78 bits per heavy atom. The van der Waals surface area contributed by atoms with E-state index >= 15 is 0 Å². The molecule has 3 rings (SSSR count). The van der Waals surface area contributed by atoms with E-state index in [1.807, 2.05) is 0 Å². The zero-order chi connectivity index (χ0) is 16.6. The van der Waals surface area contributed by atoms with Gasteiger partial charge in [-0.2, -0.15) is 0 Å². The highest BCUT2D eigenvalue weighted by molar-refractivity contribution is 6.80. The molecule has 3 aliphatic rings. The van der Waals surface area contributed by atoms with Crippen molar-refractivity contribution in [3.05, 3.63) is 11.8 Å². The van der Waals surface area contributed by atoms with E-state index in [9.17, 15) is 9.59 Å². The first kappa shape index (κ1) is 16.7. The van der Waals surface area contributed by atoms with Crippen molar-refractivity contribution in [3.8, 4) is 0 Å². The molecule has 0 bridgehead atoms. The Morgan fingerprint density at radius 1 is 1.26 bits per heavy atom. The van der Waals surface area contributed by atoms with E-state index in [0.29, 0.717) is 13.0 Å². The summed E-state index contributed by atoms with van der Waals surface area (Å²) in [6.45, 7) is 7.49. The molecule has 23 heavy (non-hydrogen) atoms. The Morgan fingerprint density at radius 2 is 2.04 bits per heavy atom. The first-order valence-electron chi connectivity index (χ1n) is 8.43. The standard InChI is InChI=1S/C16H26N2O4Si/c1-23(2,3)9-7-11-12(21-11)13-14(22-13)16(20)18-10-6-4-5-8-17-15(10)19/h7,9-14H,4-6,8H2,1-3H3,(H,17,19)(H,18,20)/b9-7+/t10-,11+,12-,13+,14-/m0/s1. The number of rotatable bonds is 5. The summed E-state index contributed by atoms with van der Waals surface area (Å²) in [6, 6.07) is -0.433. The molecule has 0 aliphatic carbocycles. The van der Waals surface area contributed by atoms with Gasteiger partial charge in [0.15, 0.2) is 6.10 Å². The minimum Gasteiger partial charge on any atom is -0.362 e. The summed E-state index contributed by atoms with van der Waals surface area (Å²) in [6.07, 6.45) is 4.12. The van der Waals surface area contributed by atoms with Gasteiger partial charge in [-0.1, -0.05) is 31.4 Å². The van der Waals surface area contributed by atoms with Crippen LogP contribution in [0.5, 0.6) is 0 Å². The number of amides is 2. The van der Waals surface area contributed by atoms with E-state index in [1.165, 1.54) is 0 Å². The van der Waals surface area contributed by atoms with Crippen molar-refractivity contribution in [1.82, 2.24) is 10.6 Å². The van der Waals surface area contributed by atoms with Crippen LogP contribution in [0.4, 0.5) is 0 Å². The van der Waals surface area contributed by atoms with Gasteiger partial charge in [-0.25, -0.2) is 0 Å². The molecule has 3 saturated heterocycles. The third-order valence-corrected chi connectivity index (χ3v) is 5.50. The predicted octanol–water partition coefficient (Wildman–Crippen LogP) is 0.740. The zero-order valence-electron chi connectivity index (χ0n) is 14.0. The fourth-order valence-corrected chi connectivity index (χ4v) is 3.62. The lowest BCUT2D eigenvalue weighted by Gasteiger charge is -2.14. The van der Waals surface area contributed by atoms with Crippen molar-refractivity contribution >= 4 is 19.9 Å². The topological polar surface area (TPSA) is 83.3 Å². The monoisotopic (exact) mass is 338 g/mol. The third kappa shape index (κ3) is 4.42. The van der Waals surface area contributed by atoms with Crippen molar-refractivity contribution in [1.29, 1.82) is 0 Å². The van der Waals surface area contributed by atoms with E-state index < -0.39 is 20.2 Å². The second-order valence-corrected chi connectivity index (χ2v) is 12.7. The predicted molar refractivity (Wildman–Crippen MR) is 88.6 cm³/mol. The van der Waals surface area contributed by atoms with E-state index in [-0.39, 0.29) is 30.1 Å². The molecule has 7 heteroatoms. The van der Waals surface area contributed by atoms with Crippen LogP contribution in [0.2, 0.25) is 19.6 Å². The van der Waals surface area contributed by atoms with Crippen LogP contribution >= 0.6 is 0 Å². The van der Waals surface area contributed by atoms with Crippen LogP contribution in [0, 0.1) is 0 Å². The van der Waals surface area contributed by atoms with Crippen LogP contribution in [0.1, 0.15) is 19.3 Å². The van der Waals surface area contributed by atoms with E-state index in [2.05, 4.69) is 42.0 Å². The van der Waals surface area contributed by atoms with Crippen LogP contribution in [-0.4, -0.2) is 56.9 Å². The molecule has 5 atom stereocenters. The highest BCUT2D eigenvalue weighted by Gasteiger charge is 2.59. The number of carbonyl (C=O) groups is 2. The maximum atomic E-state index is 12.2. The maximum absolute atomic E-state index is 12.2. The summed E-state index contributed by atoms with van der Waals surface area (Å²) in [5.41, 5.74) is 2.25. The first-order valence-corrected chi connectivity index (χ1v) is 12.0. The Hall–Kier alpha value is -1.18. The number of ether oxygens (including phenoxy) is 2. The highest BCUT2D eigenvalue weighted by atomic mass is 28.3. The quantitative estimate of drug-likeness (QED) is 0.572. The minimum absolute atomic E-state index is 0.0127. The van der Waals surface area contributed by atoms with Gasteiger partial charge in [-0.05, 0) is 19.3 Å². The Balaban J connectivity index is 1.45. The molecule has 3 heterocycles. The summed E-state index contributed by atoms with van der Waals surface area (Å²) < 4.78 is 11.1. The van der Waals surface area contributed by atoms with Gasteiger partial charge in [-0.15, -0.1) is 0 Å². The summed E-state index contributed by atoms with van der Waals surface area (Å²) in [5.74, 6) is -0.285. The number of carbonyl (C=O) groups excluding carboxylic acids is 2. The molecule has 3 fully saturated rings. The van der Waals surface area contributed by atoms with E-state index in [1.54, 1.807) is 0 Å². The lowest BCUT2D eigenvalue weighted by Crippen LogP contribution is -2.47. The average molecular weight is 338 g/mol. The number of hydrogen-bond acceptors (Lipinski definition) is 4. The highest BCUT2D eigenvalue weighted by Crippen LogP contribution is 2.39. The van der Waals surface area contributed by atoms with Crippen molar-refractivity contribution in [2.45, 2.75) is 69.4 Å². The van der Waals surface area contributed by atoms with Gasteiger partial charge in [0.1, 0.15) is 24.4 Å². The van der Waals surface area contributed by atoms with Gasteiger partial charge in [0.2, 0.25) is 5.91 Å². The maximum Gasteiger partial charge on any atom is 0.252 e. The number of epoxide rings is 2. The molecule has 0 aromatic heterocycles. The summed E-state index contributed by atoms with van der Waals surface area (Å²) in [5, 5.41) is 5.63. The van der Waals surface area contributed by atoms with Gasteiger partial charge < -0.3 is 20.1 Å². The minimum atomic E-state index is -1.23. The van der Waals surface area contributed by atoms with Crippen LogP contribution in [0.25, 0.3) is 0 Å². The van der Waals surface area contributed by atoms with Gasteiger partial charge in [0.25, 0.3) is 5.91 Å². The Labute approximate surface area is 138 Å². The summed E-state index contributed by atoms with van der Waals surface area (Å²) >= 11 is 0. The van der Waals surface area contributed by atoms with Gasteiger partial charge in [-0.3, -0.25) is 9.59 Å². The molecule has 3 aliphatic heterocycles. The molecular formula is C16H26N2O4Si. The fourth-order valence-electron chi connectivity index (χ4n) is 2.85. The van der Waals surface area contributed by atoms with Crippen LogP contribution in [0.3, 0.4) is 0 Å². The first-order chi connectivity index (χ1) is 10.8. The Kier molecular flexibility index (Phi) is 4.62. The lowest BCUT2D eigenvalue weighted by molar-refractivity contribution is -0.129. The van der Waals surface area contributed by atoms with Crippen LogP contribution in [0.15, 0.2) is 11.8 Å². The lowest BCUT2D eigenvalue weighted by atomic mass is 10.1. The number of nitrogens with one attached hydrogen (secondary N) is 2. The van der Waals surface area contributed by atoms with Gasteiger partial charge >= 0.3 is 0 Å². The molecule has 2 N–H and O–H groups in total.